The van der Waals surface area contributed by atoms with Crippen LogP contribution in [0.25, 0.3) is 0 Å². The Hall–Kier alpha value is -1.21. The van der Waals surface area contributed by atoms with Crippen molar-refractivity contribution >= 4 is 22.6 Å². The molecule has 128 valence electrons. The lowest BCUT2D eigenvalue weighted by Gasteiger charge is -2.35. The van der Waals surface area contributed by atoms with Crippen LogP contribution in [0, 0.1) is 12.8 Å². The van der Waals surface area contributed by atoms with Crippen LogP contribution in [0.1, 0.15) is 38.4 Å². The van der Waals surface area contributed by atoms with Crippen LogP contribution in [0.3, 0.4) is 0 Å². The molecular formula is C16H27N5OS. The number of carbonyl (C=O) groups excluding carboxylic acids is 1. The number of amides is 1. The van der Waals surface area contributed by atoms with E-state index in [1.807, 2.05) is 6.92 Å². The number of hydrogen-bond acceptors (Lipinski definition) is 6. The van der Waals surface area contributed by atoms with Gasteiger partial charge in [-0.25, -0.2) is 4.98 Å². The van der Waals surface area contributed by atoms with E-state index in [9.17, 15) is 4.79 Å². The van der Waals surface area contributed by atoms with Crippen molar-refractivity contribution in [3.63, 3.8) is 0 Å². The van der Waals surface area contributed by atoms with Crippen LogP contribution in [-0.2, 0) is 4.79 Å². The van der Waals surface area contributed by atoms with Crippen LogP contribution in [0.15, 0.2) is 0 Å². The van der Waals surface area contributed by atoms with Gasteiger partial charge in [-0.3, -0.25) is 9.69 Å². The van der Waals surface area contributed by atoms with Gasteiger partial charge < -0.3 is 10.2 Å². The Balaban J connectivity index is 1.42. The molecule has 0 aromatic carbocycles. The van der Waals surface area contributed by atoms with Gasteiger partial charge in [0.15, 0.2) is 0 Å². The summed E-state index contributed by atoms with van der Waals surface area (Å²) in [5.41, 5.74) is 0. The largest absolute Gasteiger partial charge is 0.352 e. The number of rotatable bonds is 4. The van der Waals surface area contributed by atoms with Crippen molar-refractivity contribution in [1.82, 2.24) is 19.6 Å². The summed E-state index contributed by atoms with van der Waals surface area (Å²) in [6, 6.07) is 0.377. The summed E-state index contributed by atoms with van der Waals surface area (Å²) in [5.74, 6) is 1.64. The van der Waals surface area contributed by atoms with Gasteiger partial charge in [-0.1, -0.05) is 19.8 Å². The molecular weight excluding hydrogens is 310 g/mol. The summed E-state index contributed by atoms with van der Waals surface area (Å²) >= 11 is 1.46. The topological polar surface area (TPSA) is 61.4 Å². The van der Waals surface area contributed by atoms with Gasteiger partial charge in [0.1, 0.15) is 5.82 Å². The fourth-order valence-electron chi connectivity index (χ4n) is 3.50. The molecule has 2 fully saturated rings. The zero-order valence-corrected chi connectivity index (χ0v) is 14.9. The van der Waals surface area contributed by atoms with E-state index in [4.69, 9.17) is 0 Å². The molecule has 2 heterocycles. The van der Waals surface area contributed by atoms with Gasteiger partial charge in [-0.2, -0.15) is 4.37 Å². The van der Waals surface area contributed by atoms with Crippen LogP contribution in [-0.4, -0.2) is 58.9 Å². The number of hydrogen-bond donors (Lipinski definition) is 1. The molecule has 6 nitrogen and oxygen atoms in total. The zero-order chi connectivity index (χ0) is 16.2. The minimum atomic E-state index is 0.184. The second kappa shape index (κ2) is 7.57. The fraction of sp³-hybridized carbons (Fsp3) is 0.812. The first-order valence-electron chi connectivity index (χ1n) is 8.69. The zero-order valence-electron chi connectivity index (χ0n) is 14.1. The fourth-order valence-corrected chi connectivity index (χ4v) is 4.22. The number of carbonyl (C=O) groups is 1. The summed E-state index contributed by atoms with van der Waals surface area (Å²) in [4.78, 5) is 21.2. The summed E-state index contributed by atoms with van der Waals surface area (Å²) in [6.07, 6.45) is 4.93. The molecule has 2 aliphatic rings. The number of nitrogens with zero attached hydrogens (tertiary/aromatic N) is 4. The van der Waals surface area contributed by atoms with Crippen molar-refractivity contribution in [1.29, 1.82) is 0 Å². The first-order valence-corrected chi connectivity index (χ1v) is 9.46. The summed E-state index contributed by atoms with van der Waals surface area (Å²) < 4.78 is 4.24. The highest BCUT2D eigenvalue weighted by Crippen LogP contribution is 2.23. The highest BCUT2D eigenvalue weighted by atomic mass is 32.1. The van der Waals surface area contributed by atoms with E-state index < -0.39 is 0 Å². The first-order chi connectivity index (χ1) is 11.1. The Labute approximate surface area is 142 Å². The SMILES string of the molecule is Cc1nsc(N2CCN(CC(=O)N[C@H]3CCCC[C@H]3C)CC2)n1. The standard InChI is InChI=1S/C16H27N5OS/c1-12-5-3-4-6-14(12)18-15(22)11-20-7-9-21(10-8-20)16-17-13(2)19-23-16/h12,14H,3-11H2,1-2H3,(H,18,22)/t12-,14+/m1/s1. The normalized spacial score (nSPS) is 26.3. The molecule has 1 N–H and O–H groups in total. The summed E-state index contributed by atoms with van der Waals surface area (Å²) in [7, 11) is 0. The third-order valence-corrected chi connectivity index (χ3v) is 5.85. The summed E-state index contributed by atoms with van der Waals surface area (Å²) in [5, 5.41) is 4.25. The second-order valence-corrected chi connectivity index (χ2v) is 7.55. The Bertz CT molecular complexity index is 526. The molecule has 1 aliphatic heterocycles. The highest BCUT2D eigenvalue weighted by Gasteiger charge is 2.25. The van der Waals surface area contributed by atoms with E-state index in [-0.39, 0.29) is 5.91 Å². The number of nitrogens with one attached hydrogen (secondary N) is 1. The molecule has 3 rings (SSSR count). The van der Waals surface area contributed by atoms with Crippen molar-refractivity contribution in [3.05, 3.63) is 5.82 Å². The Morgan fingerprint density at radius 2 is 2.00 bits per heavy atom. The van der Waals surface area contributed by atoms with Crippen LogP contribution in [0.4, 0.5) is 5.13 Å². The molecule has 7 heteroatoms. The molecule has 1 aromatic heterocycles. The first kappa shape index (κ1) is 16.6. The van der Waals surface area contributed by atoms with E-state index in [2.05, 4.69) is 31.4 Å². The predicted octanol–water partition coefficient (Wildman–Crippen LogP) is 1.66. The van der Waals surface area contributed by atoms with Crippen molar-refractivity contribution in [2.24, 2.45) is 5.92 Å². The van der Waals surface area contributed by atoms with Crippen LogP contribution < -0.4 is 10.2 Å². The Kier molecular flexibility index (Phi) is 5.48. The number of aromatic nitrogens is 2. The van der Waals surface area contributed by atoms with Crippen LogP contribution in [0.2, 0.25) is 0 Å². The molecule has 2 atom stereocenters. The predicted molar refractivity (Wildman–Crippen MR) is 92.9 cm³/mol. The van der Waals surface area contributed by atoms with Gasteiger partial charge in [0.25, 0.3) is 0 Å². The monoisotopic (exact) mass is 337 g/mol. The lowest BCUT2D eigenvalue weighted by molar-refractivity contribution is -0.123. The van der Waals surface area contributed by atoms with E-state index in [0.29, 0.717) is 18.5 Å². The molecule has 1 saturated carbocycles. The molecule has 0 radical (unpaired) electrons. The van der Waals surface area contributed by atoms with Crippen molar-refractivity contribution in [3.8, 4) is 0 Å². The van der Waals surface area contributed by atoms with Crippen LogP contribution >= 0.6 is 11.5 Å². The van der Waals surface area contributed by atoms with Gasteiger partial charge >= 0.3 is 0 Å². The summed E-state index contributed by atoms with van der Waals surface area (Å²) in [6.45, 7) is 8.36. The van der Waals surface area contributed by atoms with Gasteiger partial charge in [0.05, 0.1) is 6.54 Å². The number of piperazine rings is 1. The molecule has 1 saturated heterocycles. The minimum absolute atomic E-state index is 0.184. The van der Waals surface area contributed by atoms with Crippen molar-refractivity contribution in [2.75, 3.05) is 37.6 Å². The van der Waals surface area contributed by atoms with Crippen LogP contribution in [0.5, 0.6) is 0 Å². The highest BCUT2D eigenvalue weighted by molar-refractivity contribution is 7.09. The molecule has 23 heavy (non-hydrogen) atoms. The van der Waals surface area contributed by atoms with E-state index >= 15 is 0 Å². The maximum Gasteiger partial charge on any atom is 0.234 e. The maximum absolute atomic E-state index is 12.3. The molecule has 0 unspecified atom stereocenters. The molecule has 1 aromatic rings. The minimum Gasteiger partial charge on any atom is -0.352 e. The van der Waals surface area contributed by atoms with Gasteiger partial charge in [0.2, 0.25) is 11.0 Å². The average Bonchev–Trinajstić information content (AvgIpc) is 2.97. The average molecular weight is 337 g/mol. The van der Waals surface area contributed by atoms with E-state index in [1.54, 1.807) is 0 Å². The third-order valence-electron chi connectivity index (χ3n) is 4.98. The molecule has 1 aliphatic carbocycles. The number of anilines is 1. The van der Waals surface area contributed by atoms with E-state index in [0.717, 1.165) is 43.6 Å². The lowest BCUT2D eigenvalue weighted by Crippen LogP contribution is -2.51. The van der Waals surface area contributed by atoms with Gasteiger partial charge in [-0.15, -0.1) is 0 Å². The lowest BCUT2D eigenvalue weighted by atomic mass is 9.86. The van der Waals surface area contributed by atoms with E-state index in [1.165, 1.54) is 30.8 Å². The third kappa shape index (κ3) is 4.41. The second-order valence-electron chi connectivity index (χ2n) is 6.82. The van der Waals surface area contributed by atoms with Crippen molar-refractivity contribution in [2.45, 2.75) is 45.6 Å². The van der Waals surface area contributed by atoms with Gasteiger partial charge in [-0.05, 0) is 25.7 Å². The molecule has 1 amide bonds. The molecule has 0 spiro atoms. The van der Waals surface area contributed by atoms with Gasteiger partial charge in [0, 0.05) is 43.8 Å². The smallest absolute Gasteiger partial charge is 0.234 e. The molecule has 0 bridgehead atoms. The Morgan fingerprint density at radius 1 is 1.26 bits per heavy atom. The number of aryl methyl sites for hydroxylation is 1. The Morgan fingerprint density at radius 3 is 2.65 bits per heavy atom. The quantitative estimate of drug-likeness (QED) is 0.905. The maximum atomic E-state index is 12.3. The van der Waals surface area contributed by atoms with Crippen molar-refractivity contribution < 1.29 is 4.79 Å².